The van der Waals surface area contributed by atoms with Crippen LogP contribution >= 0.6 is 0 Å². The maximum Gasteiger partial charge on any atom is 0.409 e. The fourth-order valence-electron chi connectivity index (χ4n) is 3.24. The third kappa shape index (κ3) is 5.53. The summed E-state index contributed by atoms with van der Waals surface area (Å²) in [5, 5.41) is 6.14. The summed E-state index contributed by atoms with van der Waals surface area (Å²) in [6.45, 7) is 4.81. The van der Waals surface area contributed by atoms with Crippen LogP contribution in [0.3, 0.4) is 0 Å². The number of anilines is 1. The van der Waals surface area contributed by atoms with E-state index in [1.54, 1.807) is 18.0 Å². The van der Waals surface area contributed by atoms with Crippen molar-refractivity contribution < 1.29 is 19.1 Å². The standard InChI is InChI=1S/C18H27N5O4/c1-2-26-18(25)23-7-5-13(6-8-23)22-17(24)15-11-21-16(12-19-15)20-10-14-4-3-9-27-14/h11-14H,2-10H2,1H3,(H,20,21)(H,22,24). The summed E-state index contributed by atoms with van der Waals surface area (Å²) in [5.74, 6) is 0.382. The van der Waals surface area contributed by atoms with Crippen LogP contribution in [0, 0.1) is 0 Å². The Balaban J connectivity index is 1.42. The highest BCUT2D eigenvalue weighted by Gasteiger charge is 2.25. The van der Waals surface area contributed by atoms with Crippen molar-refractivity contribution in [3.05, 3.63) is 18.1 Å². The third-order valence-electron chi connectivity index (χ3n) is 4.78. The van der Waals surface area contributed by atoms with E-state index in [9.17, 15) is 9.59 Å². The molecule has 27 heavy (non-hydrogen) atoms. The minimum Gasteiger partial charge on any atom is -0.450 e. The number of hydrogen-bond donors (Lipinski definition) is 2. The van der Waals surface area contributed by atoms with Crippen molar-refractivity contribution in [2.24, 2.45) is 0 Å². The van der Waals surface area contributed by atoms with Crippen LogP contribution in [0.25, 0.3) is 0 Å². The number of ether oxygens (including phenoxy) is 2. The minimum atomic E-state index is -0.292. The van der Waals surface area contributed by atoms with Crippen LogP contribution in [0.1, 0.15) is 43.1 Å². The smallest absolute Gasteiger partial charge is 0.409 e. The second-order valence-electron chi connectivity index (χ2n) is 6.74. The molecule has 2 amide bonds. The van der Waals surface area contributed by atoms with Crippen LogP contribution < -0.4 is 10.6 Å². The molecule has 1 unspecified atom stereocenters. The molecule has 1 aromatic rings. The molecule has 1 atom stereocenters. The fourth-order valence-corrected chi connectivity index (χ4v) is 3.24. The van der Waals surface area contributed by atoms with Gasteiger partial charge in [0.05, 0.1) is 25.1 Å². The molecule has 0 radical (unpaired) electrons. The van der Waals surface area contributed by atoms with Gasteiger partial charge in [0, 0.05) is 32.3 Å². The van der Waals surface area contributed by atoms with Crippen molar-refractivity contribution >= 4 is 17.8 Å². The lowest BCUT2D eigenvalue weighted by Crippen LogP contribution is -2.46. The summed E-state index contributed by atoms with van der Waals surface area (Å²) in [7, 11) is 0. The molecule has 148 valence electrons. The van der Waals surface area contributed by atoms with Crippen molar-refractivity contribution in [3.63, 3.8) is 0 Å². The lowest BCUT2D eigenvalue weighted by atomic mass is 10.1. The van der Waals surface area contributed by atoms with Crippen LogP contribution in [0.2, 0.25) is 0 Å². The first-order valence-corrected chi connectivity index (χ1v) is 9.55. The predicted molar refractivity (Wildman–Crippen MR) is 98.6 cm³/mol. The Morgan fingerprint density at radius 1 is 1.26 bits per heavy atom. The largest absolute Gasteiger partial charge is 0.450 e. The molecule has 0 aliphatic carbocycles. The van der Waals surface area contributed by atoms with Gasteiger partial charge < -0.3 is 25.0 Å². The van der Waals surface area contributed by atoms with E-state index in [1.807, 2.05) is 0 Å². The number of hydrogen-bond acceptors (Lipinski definition) is 7. The molecular formula is C18H27N5O4. The summed E-state index contributed by atoms with van der Waals surface area (Å²) in [6.07, 6.45) is 6.49. The molecule has 0 aromatic carbocycles. The maximum atomic E-state index is 12.3. The van der Waals surface area contributed by atoms with Crippen LogP contribution in [-0.2, 0) is 9.47 Å². The molecule has 0 bridgehead atoms. The van der Waals surface area contributed by atoms with Crippen molar-refractivity contribution in [3.8, 4) is 0 Å². The number of carbonyl (C=O) groups excluding carboxylic acids is 2. The third-order valence-corrected chi connectivity index (χ3v) is 4.78. The van der Waals surface area contributed by atoms with E-state index < -0.39 is 0 Å². The van der Waals surface area contributed by atoms with E-state index in [4.69, 9.17) is 9.47 Å². The minimum absolute atomic E-state index is 0.0160. The van der Waals surface area contributed by atoms with Crippen LogP contribution in [0.15, 0.2) is 12.4 Å². The Hall–Kier alpha value is -2.42. The molecule has 2 saturated heterocycles. The number of aromatic nitrogens is 2. The van der Waals surface area contributed by atoms with Crippen LogP contribution in [0.4, 0.5) is 10.6 Å². The zero-order chi connectivity index (χ0) is 19.1. The normalized spacial score (nSPS) is 20.3. The molecule has 0 spiro atoms. The molecule has 3 rings (SSSR count). The van der Waals surface area contributed by atoms with Crippen molar-refractivity contribution in [1.29, 1.82) is 0 Å². The van der Waals surface area contributed by atoms with E-state index >= 15 is 0 Å². The van der Waals surface area contributed by atoms with Crippen LogP contribution in [0.5, 0.6) is 0 Å². The summed E-state index contributed by atoms with van der Waals surface area (Å²) in [6, 6.07) is 0.0160. The number of carbonyl (C=O) groups is 2. The summed E-state index contributed by atoms with van der Waals surface area (Å²) < 4.78 is 10.5. The van der Waals surface area contributed by atoms with E-state index in [0.717, 1.165) is 19.4 Å². The highest BCUT2D eigenvalue weighted by atomic mass is 16.6. The van der Waals surface area contributed by atoms with Gasteiger partial charge in [-0.25, -0.2) is 14.8 Å². The zero-order valence-corrected chi connectivity index (χ0v) is 15.6. The van der Waals surface area contributed by atoms with Gasteiger partial charge in [-0.1, -0.05) is 0 Å². The molecular weight excluding hydrogens is 350 g/mol. The van der Waals surface area contributed by atoms with Crippen LogP contribution in [-0.4, -0.2) is 71.9 Å². The molecule has 9 heteroatoms. The van der Waals surface area contributed by atoms with E-state index in [0.29, 0.717) is 44.9 Å². The lowest BCUT2D eigenvalue weighted by molar-refractivity contribution is 0.0856. The lowest BCUT2D eigenvalue weighted by Gasteiger charge is -2.31. The molecule has 2 N–H and O–H groups in total. The Kier molecular flexibility index (Phi) is 6.80. The molecule has 0 saturated carbocycles. The molecule has 2 aliphatic rings. The van der Waals surface area contributed by atoms with Gasteiger partial charge in [0.25, 0.3) is 5.91 Å². The Bertz CT molecular complexity index is 625. The predicted octanol–water partition coefficient (Wildman–Crippen LogP) is 1.42. The Morgan fingerprint density at radius 3 is 2.70 bits per heavy atom. The quantitative estimate of drug-likeness (QED) is 0.772. The molecule has 9 nitrogen and oxygen atoms in total. The molecule has 3 heterocycles. The van der Waals surface area contributed by atoms with E-state index in [2.05, 4.69) is 20.6 Å². The topological polar surface area (TPSA) is 106 Å². The number of piperidine rings is 1. The first kappa shape index (κ1) is 19.3. The van der Waals surface area contributed by atoms with Crippen molar-refractivity contribution in [1.82, 2.24) is 20.2 Å². The number of likely N-dealkylation sites (tertiary alicyclic amines) is 1. The van der Waals surface area contributed by atoms with E-state index in [1.165, 1.54) is 6.20 Å². The number of amides is 2. The van der Waals surface area contributed by atoms with Crippen molar-refractivity contribution in [2.75, 3.05) is 38.2 Å². The van der Waals surface area contributed by atoms with Gasteiger partial charge in [-0.05, 0) is 32.6 Å². The second-order valence-corrected chi connectivity index (χ2v) is 6.74. The molecule has 1 aromatic heterocycles. The second kappa shape index (κ2) is 9.50. The van der Waals surface area contributed by atoms with Gasteiger partial charge >= 0.3 is 6.09 Å². The van der Waals surface area contributed by atoms with Gasteiger partial charge in [0.1, 0.15) is 11.5 Å². The monoisotopic (exact) mass is 377 g/mol. The summed E-state index contributed by atoms with van der Waals surface area (Å²) in [4.78, 5) is 34.2. The van der Waals surface area contributed by atoms with E-state index in [-0.39, 0.29) is 29.8 Å². The fraction of sp³-hybridized carbons (Fsp3) is 0.667. The highest BCUT2D eigenvalue weighted by Crippen LogP contribution is 2.14. The molecule has 2 fully saturated rings. The zero-order valence-electron chi connectivity index (χ0n) is 15.6. The maximum absolute atomic E-state index is 12.3. The molecule has 2 aliphatic heterocycles. The van der Waals surface area contributed by atoms with Gasteiger partial charge in [0.2, 0.25) is 0 Å². The first-order chi connectivity index (χ1) is 13.2. The first-order valence-electron chi connectivity index (χ1n) is 9.55. The van der Waals surface area contributed by atoms with Gasteiger partial charge in [-0.3, -0.25) is 4.79 Å². The van der Waals surface area contributed by atoms with Crippen molar-refractivity contribution in [2.45, 2.75) is 44.8 Å². The Morgan fingerprint density at radius 2 is 2.07 bits per heavy atom. The highest BCUT2D eigenvalue weighted by molar-refractivity contribution is 5.92. The van der Waals surface area contributed by atoms with Gasteiger partial charge in [-0.2, -0.15) is 0 Å². The average molecular weight is 377 g/mol. The van der Waals surface area contributed by atoms with Gasteiger partial charge in [-0.15, -0.1) is 0 Å². The number of nitrogens with one attached hydrogen (secondary N) is 2. The number of nitrogens with zero attached hydrogens (tertiary/aromatic N) is 3. The number of rotatable bonds is 6. The van der Waals surface area contributed by atoms with Gasteiger partial charge in [0.15, 0.2) is 0 Å². The Labute approximate surface area is 158 Å². The summed E-state index contributed by atoms with van der Waals surface area (Å²) in [5.41, 5.74) is 0.283. The summed E-state index contributed by atoms with van der Waals surface area (Å²) >= 11 is 0. The average Bonchev–Trinajstić information content (AvgIpc) is 3.21. The SMILES string of the molecule is CCOC(=O)N1CCC(NC(=O)c2cnc(NCC3CCCO3)cn2)CC1.